The molecule has 3 aromatic heterocycles. The quantitative estimate of drug-likeness (QED) is 0.771. The first-order valence-electron chi connectivity index (χ1n) is 7.63. The van der Waals surface area contributed by atoms with E-state index in [1.807, 2.05) is 24.3 Å². The molecule has 7 nitrogen and oxygen atoms in total. The molecule has 1 aliphatic rings. The molecule has 2 N–H and O–H groups in total. The average molecular weight is 321 g/mol. The summed E-state index contributed by atoms with van der Waals surface area (Å²) in [4.78, 5) is 21.1. The van der Waals surface area contributed by atoms with E-state index in [2.05, 4.69) is 25.5 Å². The Hall–Kier alpha value is -3.06. The van der Waals surface area contributed by atoms with E-state index in [1.165, 1.54) is 0 Å². The lowest BCUT2D eigenvalue weighted by atomic mass is 10.1. The van der Waals surface area contributed by atoms with Crippen molar-refractivity contribution >= 4 is 11.6 Å². The summed E-state index contributed by atoms with van der Waals surface area (Å²) in [5.41, 5.74) is 4.44. The number of anilines is 1. The molecule has 0 aliphatic carbocycles. The van der Waals surface area contributed by atoms with Gasteiger partial charge in [0.2, 0.25) is 0 Å². The molecule has 1 aliphatic heterocycles. The second kappa shape index (κ2) is 6.21. The molecule has 0 unspecified atom stereocenters. The van der Waals surface area contributed by atoms with Gasteiger partial charge in [-0.1, -0.05) is 6.07 Å². The van der Waals surface area contributed by atoms with Gasteiger partial charge < -0.3 is 10.1 Å². The Bertz CT molecular complexity index is 876. The van der Waals surface area contributed by atoms with Crippen LogP contribution in [0.25, 0.3) is 11.4 Å². The van der Waals surface area contributed by atoms with Crippen LogP contribution in [-0.4, -0.2) is 32.7 Å². The van der Waals surface area contributed by atoms with Gasteiger partial charge in [0.1, 0.15) is 5.69 Å². The van der Waals surface area contributed by atoms with E-state index in [4.69, 9.17) is 4.74 Å². The third kappa shape index (κ3) is 2.77. The number of fused-ring (bicyclic) bond motifs is 1. The number of carbonyl (C=O) groups is 1. The van der Waals surface area contributed by atoms with Crippen molar-refractivity contribution in [1.82, 2.24) is 20.2 Å². The Morgan fingerprint density at radius 3 is 3.08 bits per heavy atom. The van der Waals surface area contributed by atoms with Crippen LogP contribution >= 0.6 is 0 Å². The van der Waals surface area contributed by atoms with Crippen LogP contribution < -0.4 is 5.32 Å². The number of nitrogens with one attached hydrogen (secondary N) is 2. The van der Waals surface area contributed by atoms with Crippen molar-refractivity contribution in [2.45, 2.75) is 13.0 Å². The Morgan fingerprint density at radius 2 is 2.21 bits per heavy atom. The number of carbonyl (C=O) groups excluding carboxylic acids is 1. The van der Waals surface area contributed by atoms with Crippen molar-refractivity contribution in [3.8, 4) is 11.4 Å². The highest BCUT2D eigenvalue weighted by Crippen LogP contribution is 2.24. The molecule has 0 saturated carbocycles. The molecule has 7 heteroatoms. The van der Waals surface area contributed by atoms with Crippen molar-refractivity contribution in [3.63, 3.8) is 0 Å². The average Bonchev–Trinajstić information content (AvgIpc) is 3.10. The number of H-pyrrole nitrogens is 1. The molecule has 120 valence electrons. The molecule has 1 amide bonds. The maximum atomic E-state index is 12.5. The molecule has 0 atom stereocenters. The summed E-state index contributed by atoms with van der Waals surface area (Å²) in [5.74, 6) is -0.227. The summed E-state index contributed by atoms with van der Waals surface area (Å²) in [6, 6.07) is 7.44. The first kappa shape index (κ1) is 14.5. The smallest absolute Gasteiger partial charge is 0.257 e. The summed E-state index contributed by atoms with van der Waals surface area (Å²) < 4.78 is 5.36. The van der Waals surface area contributed by atoms with Crippen molar-refractivity contribution in [1.29, 1.82) is 0 Å². The lowest BCUT2D eigenvalue weighted by molar-refractivity contribution is 0.101. The molecule has 4 heterocycles. The van der Waals surface area contributed by atoms with Crippen LogP contribution in [0.2, 0.25) is 0 Å². The maximum absolute atomic E-state index is 12.5. The zero-order valence-electron chi connectivity index (χ0n) is 12.8. The zero-order valence-corrected chi connectivity index (χ0v) is 12.8. The second-order valence-electron chi connectivity index (χ2n) is 5.46. The van der Waals surface area contributed by atoms with E-state index < -0.39 is 0 Å². The van der Waals surface area contributed by atoms with Gasteiger partial charge in [-0.05, 0) is 30.2 Å². The van der Waals surface area contributed by atoms with E-state index >= 15 is 0 Å². The number of hydrogen-bond donors (Lipinski definition) is 2. The predicted molar refractivity (Wildman–Crippen MR) is 87.4 cm³/mol. The summed E-state index contributed by atoms with van der Waals surface area (Å²) in [6.07, 6.45) is 5.61. The molecular formula is C17H15N5O2. The fraction of sp³-hybridized carbons (Fsp3) is 0.176. The van der Waals surface area contributed by atoms with Crippen LogP contribution in [-0.2, 0) is 17.8 Å². The molecular weight excluding hydrogens is 306 g/mol. The van der Waals surface area contributed by atoms with E-state index in [0.29, 0.717) is 35.9 Å². The highest BCUT2D eigenvalue weighted by atomic mass is 16.5. The number of aromatic amines is 1. The topological polar surface area (TPSA) is 92.8 Å². The van der Waals surface area contributed by atoms with E-state index in [-0.39, 0.29) is 5.91 Å². The Kier molecular flexibility index (Phi) is 3.76. The van der Waals surface area contributed by atoms with Gasteiger partial charge in [-0.25, -0.2) is 0 Å². The van der Waals surface area contributed by atoms with Crippen LogP contribution in [0.5, 0.6) is 0 Å². The van der Waals surface area contributed by atoms with Crippen LogP contribution in [0.4, 0.5) is 5.69 Å². The molecule has 3 aromatic rings. The Morgan fingerprint density at radius 1 is 1.25 bits per heavy atom. The maximum Gasteiger partial charge on any atom is 0.257 e. The van der Waals surface area contributed by atoms with Gasteiger partial charge in [0, 0.05) is 12.4 Å². The van der Waals surface area contributed by atoms with Gasteiger partial charge in [0.15, 0.2) is 0 Å². The third-order valence-corrected chi connectivity index (χ3v) is 3.89. The number of hydrogen-bond acceptors (Lipinski definition) is 5. The molecule has 0 aromatic carbocycles. The lowest BCUT2D eigenvalue weighted by Crippen LogP contribution is -2.16. The number of amides is 1. The minimum atomic E-state index is -0.227. The SMILES string of the molecule is O=C(Nc1cn[nH]c1-c1ccccn1)c1cnc2c(c1)CCOC2. The van der Waals surface area contributed by atoms with E-state index in [0.717, 1.165) is 17.7 Å². The van der Waals surface area contributed by atoms with Crippen molar-refractivity contribution in [3.05, 3.63) is 59.7 Å². The standard InChI is InChI=1S/C17H15N5O2/c23-17(12-7-11-4-6-24-10-15(11)19-8-12)21-14-9-20-22-16(14)13-3-1-2-5-18-13/h1-3,5,7-9H,4,6,10H2,(H,20,22)(H,21,23). The molecule has 0 bridgehead atoms. The predicted octanol–water partition coefficient (Wildman–Crippen LogP) is 2.19. The van der Waals surface area contributed by atoms with Crippen LogP contribution in [0, 0.1) is 0 Å². The lowest BCUT2D eigenvalue weighted by Gasteiger charge is -2.16. The molecule has 4 rings (SSSR count). The number of rotatable bonds is 3. The summed E-state index contributed by atoms with van der Waals surface area (Å²) >= 11 is 0. The summed E-state index contributed by atoms with van der Waals surface area (Å²) in [5, 5.41) is 9.74. The van der Waals surface area contributed by atoms with Gasteiger partial charge in [-0.15, -0.1) is 0 Å². The fourth-order valence-electron chi connectivity index (χ4n) is 2.64. The zero-order chi connectivity index (χ0) is 16.4. The van der Waals surface area contributed by atoms with Gasteiger partial charge in [-0.2, -0.15) is 5.10 Å². The van der Waals surface area contributed by atoms with E-state index in [1.54, 1.807) is 18.6 Å². The number of nitrogens with zero attached hydrogens (tertiary/aromatic N) is 3. The second-order valence-corrected chi connectivity index (χ2v) is 5.46. The summed E-state index contributed by atoms with van der Waals surface area (Å²) in [7, 11) is 0. The van der Waals surface area contributed by atoms with E-state index in [9.17, 15) is 4.79 Å². The number of pyridine rings is 2. The monoisotopic (exact) mass is 321 g/mol. The molecule has 24 heavy (non-hydrogen) atoms. The highest BCUT2D eigenvalue weighted by molar-refractivity contribution is 6.05. The highest BCUT2D eigenvalue weighted by Gasteiger charge is 2.16. The van der Waals surface area contributed by atoms with Crippen molar-refractivity contribution in [2.75, 3.05) is 11.9 Å². The number of aromatic nitrogens is 4. The Balaban J connectivity index is 1.58. The van der Waals surface area contributed by atoms with Gasteiger partial charge >= 0.3 is 0 Å². The first-order valence-corrected chi connectivity index (χ1v) is 7.63. The minimum absolute atomic E-state index is 0.227. The normalized spacial score (nSPS) is 13.3. The van der Waals surface area contributed by atoms with Crippen LogP contribution in [0.3, 0.4) is 0 Å². The Labute approximate surface area is 138 Å². The van der Waals surface area contributed by atoms with Gasteiger partial charge in [-0.3, -0.25) is 19.9 Å². The van der Waals surface area contributed by atoms with Crippen molar-refractivity contribution in [2.24, 2.45) is 0 Å². The molecule has 0 spiro atoms. The van der Waals surface area contributed by atoms with Crippen molar-refractivity contribution < 1.29 is 9.53 Å². The largest absolute Gasteiger partial charge is 0.375 e. The van der Waals surface area contributed by atoms with Gasteiger partial charge in [0.05, 0.1) is 42.0 Å². The van der Waals surface area contributed by atoms with Crippen LogP contribution in [0.1, 0.15) is 21.6 Å². The molecule has 0 fully saturated rings. The third-order valence-electron chi connectivity index (χ3n) is 3.89. The van der Waals surface area contributed by atoms with Crippen LogP contribution in [0.15, 0.2) is 42.9 Å². The number of ether oxygens (including phenoxy) is 1. The van der Waals surface area contributed by atoms with Gasteiger partial charge in [0.25, 0.3) is 5.91 Å². The first-order chi connectivity index (χ1) is 11.8. The molecule has 0 radical (unpaired) electrons. The summed E-state index contributed by atoms with van der Waals surface area (Å²) in [6.45, 7) is 1.16. The molecule has 0 saturated heterocycles. The minimum Gasteiger partial charge on any atom is -0.375 e. The fourth-order valence-corrected chi connectivity index (χ4v) is 2.64.